The van der Waals surface area contributed by atoms with E-state index in [4.69, 9.17) is 5.26 Å². The number of thiazole rings is 1. The van der Waals surface area contributed by atoms with Gasteiger partial charge in [-0.15, -0.1) is 11.3 Å². The van der Waals surface area contributed by atoms with Crippen LogP contribution in [0.2, 0.25) is 0 Å². The Balaban J connectivity index is 1.60. The zero-order chi connectivity index (χ0) is 19.8. The zero-order valence-corrected chi connectivity index (χ0v) is 16.3. The second-order valence-electron chi connectivity index (χ2n) is 6.75. The van der Waals surface area contributed by atoms with Gasteiger partial charge in [-0.05, 0) is 37.3 Å². The SMILES string of the molecule is N#CCNC(=O)C(CC1CCN(c2nccs2)CC1)NC(=O)c1ccccc1. The molecule has 0 spiro atoms. The Kier molecular flexibility index (Phi) is 6.98. The van der Waals surface area contributed by atoms with E-state index in [0.717, 1.165) is 31.1 Å². The largest absolute Gasteiger partial charge is 0.348 e. The lowest BCUT2D eigenvalue weighted by molar-refractivity contribution is -0.123. The molecule has 2 heterocycles. The molecular weight excluding hydrogens is 374 g/mol. The van der Waals surface area contributed by atoms with Crippen LogP contribution >= 0.6 is 11.3 Å². The molecular formula is C20H23N5O2S. The van der Waals surface area contributed by atoms with E-state index in [0.29, 0.717) is 17.9 Å². The second kappa shape index (κ2) is 9.85. The number of carbonyl (C=O) groups excluding carboxylic acids is 2. The molecule has 1 unspecified atom stereocenters. The third-order valence-electron chi connectivity index (χ3n) is 4.87. The fourth-order valence-corrected chi connectivity index (χ4v) is 4.07. The molecule has 1 aliphatic rings. The molecule has 28 heavy (non-hydrogen) atoms. The van der Waals surface area contributed by atoms with Crippen LogP contribution in [0.15, 0.2) is 41.9 Å². The molecule has 1 aliphatic heterocycles. The summed E-state index contributed by atoms with van der Waals surface area (Å²) in [5.74, 6) is -0.267. The van der Waals surface area contributed by atoms with Crippen LogP contribution in [0.4, 0.5) is 5.13 Å². The minimum atomic E-state index is -0.655. The van der Waals surface area contributed by atoms with Crippen molar-refractivity contribution in [3.8, 4) is 6.07 Å². The van der Waals surface area contributed by atoms with E-state index < -0.39 is 6.04 Å². The highest BCUT2D eigenvalue weighted by molar-refractivity contribution is 7.13. The van der Waals surface area contributed by atoms with Crippen molar-refractivity contribution >= 4 is 28.3 Å². The summed E-state index contributed by atoms with van der Waals surface area (Å²) < 4.78 is 0. The highest BCUT2D eigenvalue weighted by Crippen LogP contribution is 2.27. The van der Waals surface area contributed by atoms with Gasteiger partial charge in [0.15, 0.2) is 5.13 Å². The first-order valence-electron chi connectivity index (χ1n) is 9.32. The number of hydrogen-bond donors (Lipinski definition) is 2. The molecule has 1 fully saturated rings. The van der Waals surface area contributed by atoms with Crippen molar-refractivity contribution in [1.29, 1.82) is 5.26 Å². The Hall–Kier alpha value is -2.92. The fourth-order valence-electron chi connectivity index (χ4n) is 3.38. The van der Waals surface area contributed by atoms with Crippen molar-refractivity contribution < 1.29 is 9.59 Å². The minimum Gasteiger partial charge on any atom is -0.348 e. The molecule has 1 saturated heterocycles. The van der Waals surface area contributed by atoms with Crippen LogP contribution in [0.1, 0.15) is 29.6 Å². The first kappa shape index (κ1) is 19.8. The topological polar surface area (TPSA) is 98.1 Å². The number of rotatable bonds is 7. The number of carbonyl (C=O) groups is 2. The average Bonchev–Trinajstić information content (AvgIpc) is 3.27. The van der Waals surface area contributed by atoms with Crippen molar-refractivity contribution in [1.82, 2.24) is 15.6 Å². The quantitative estimate of drug-likeness (QED) is 0.698. The number of hydrogen-bond acceptors (Lipinski definition) is 6. The van der Waals surface area contributed by atoms with Gasteiger partial charge in [-0.2, -0.15) is 5.26 Å². The van der Waals surface area contributed by atoms with E-state index in [1.54, 1.807) is 41.8 Å². The number of benzene rings is 1. The smallest absolute Gasteiger partial charge is 0.251 e. The molecule has 1 atom stereocenters. The van der Waals surface area contributed by atoms with Crippen LogP contribution in [0.25, 0.3) is 0 Å². The van der Waals surface area contributed by atoms with Crippen molar-refractivity contribution in [3.63, 3.8) is 0 Å². The van der Waals surface area contributed by atoms with Crippen LogP contribution in [-0.2, 0) is 4.79 Å². The molecule has 1 aromatic heterocycles. The fraction of sp³-hybridized carbons (Fsp3) is 0.400. The van der Waals surface area contributed by atoms with E-state index in [9.17, 15) is 9.59 Å². The van der Waals surface area contributed by atoms with Crippen LogP contribution in [0, 0.1) is 17.2 Å². The molecule has 0 bridgehead atoms. The van der Waals surface area contributed by atoms with E-state index >= 15 is 0 Å². The summed E-state index contributed by atoms with van der Waals surface area (Å²) >= 11 is 1.63. The molecule has 2 amide bonds. The number of nitrogens with one attached hydrogen (secondary N) is 2. The van der Waals surface area contributed by atoms with Crippen LogP contribution in [0.3, 0.4) is 0 Å². The average molecular weight is 398 g/mol. The van der Waals surface area contributed by atoms with Crippen LogP contribution in [0.5, 0.6) is 0 Å². The third kappa shape index (κ3) is 5.30. The van der Waals surface area contributed by atoms with Gasteiger partial charge in [0.1, 0.15) is 12.6 Å². The van der Waals surface area contributed by atoms with Crippen LogP contribution < -0.4 is 15.5 Å². The van der Waals surface area contributed by atoms with E-state index in [1.165, 1.54) is 0 Å². The van der Waals surface area contributed by atoms with Gasteiger partial charge in [-0.3, -0.25) is 9.59 Å². The van der Waals surface area contributed by atoms with Crippen molar-refractivity contribution in [2.75, 3.05) is 24.5 Å². The van der Waals surface area contributed by atoms with Gasteiger partial charge in [0.2, 0.25) is 5.91 Å². The molecule has 2 N–H and O–H groups in total. The molecule has 1 aromatic carbocycles. The molecule has 3 rings (SSSR count). The zero-order valence-electron chi connectivity index (χ0n) is 15.5. The summed E-state index contributed by atoms with van der Waals surface area (Å²) in [5, 5.41) is 17.2. The van der Waals surface area contributed by atoms with Crippen molar-refractivity contribution in [2.45, 2.75) is 25.3 Å². The molecule has 0 aliphatic carbocycles. The normalized spacial score (nSPS) is 15.5. The van der Waals surface area contributed by atoms with E-state index in [-0.39, 0.29) is 18.4 Å². The number of aromatic nitrogens is 1. The highest BCUT2D eigenvalue weighted by atomic mass is 32.1. The number of amides is 2. The summed E-state index contributed by atoms with van der Waals surface area (Å²) in [6.45, 7) is 1.70. The molecule has 8 heteroatoms. The minimum absolute atomic E-state index is 0.0704. The number of nitriles is 1. The van der Waals surface area contributed by atoms with E-state index in [1.807, 2.05) is 17.5 Å². The Morgan fingerprint density at radius 2 is 2.04 bits per heavy atom. The molecule has 7 nitrogen and oxygen atoms in total. The van der Waals surface area contributed by atoms with Gasteiger partial charge in [0, 0.05) is 30.2 Å². The Bertz CT molecular complexity index is 811. The van der Waals surface area contributed by atoms with Gasteiger partial charge in [0.25, 0.3) is 5.91 Å². The number of anilines is 1. The monoisotopic (exact) mass is 397 g/mol. The van der Waals surface area contributed by atoms with E-state index in [2.05, 4.69) is 20.5 Å². The highest BCUT2D eigenvalue weighted by Gasteiger charge is 2.28. The van der Waals surface area contributed by atoms with Gasteiger partial charge in [-0.1, -0.05) is 18.2 Å². The maximum atomic E-state index is 12.5. The number of piperidine rings is 1. The lowest BCUT2D eigenvalue weighted by atomic mass is 9.90. The Labute approximate surface area is 168 Å². The standard InChI is InChI=1S/C20H23N5O2S/c21-8-9-22-19(27)17(24-18(26)16-4-2-1-3-5-16)14-15-6-11-25(12-7-15)20-23-10-13-28-20/h1-5,10,13,15,17H,6-7,9,11-12,14H2,(H,22,27)(H,24,26). The first-order chi connectivity index (χ1) is 13.7. The summed E-state index contributed by atoms with van der Waals surface area (Å²) in [6.07, 6.45) is 4.23. The Morgan fingerprint density at radius 1 is 1.29 bits per heavy atom. The van der Waals surface area contributed by atoms with Crippen LogP contribution in [-0.4, -0.2) is 42.5 Å². The summed E-state index contributed by atoms with van der Waals surface area (Å²) in [6, 6.07) is 10.1. The van der Waals surface area contributed by atoms with Crippen molar-refractivity contribution in [3.05, 3.63) is 47.5 Å². The molecule has 0 radical (unpaired) electrons. The van der Waals surface area contributed by atoms with Gasteiger partial charge < -0.3 is 15.5 Å². The van der Waals surface area contributed by atoms with Crippen molar-refractivity contribution in [2.24, 2.45) is 5.92 Å². The summed E-state index contributed by atoms with van der Waals surface area (Å²) in [7, 11) is 0. The molecule has 0 saturated carbocycles. The predicted molar refractivity (Wildman–Crippen MR) is 108 cm³/mol. The lowest BCUT2D eigenvalue weighted by Gasteiger charge is -2.33. The Morgan fingerprint density at radius 3 is 2.68 bits per heavy atom. The van der Waals surface area contributed by atoms with Gasteiger partial charge >= 0.3 is 0 Å². The maximum absolute atomic E-state index is 12.5. The van der Waals surface area contributed by atoms with Gasteiger partial charge in [-0.25, -0.2) is 4.98 Å². The summed E-state index contributed by atoms with van der Waals surface area (Å²) in [5.41, 5.74) is 0.513. The second-order valence-corrected chi connectivity index (χ2v) is 7.62. The molecule has 146 valence electrons. The first-order valence-corrected chi connectivity index (χ1v) is 10.2. The van der Waals surface area contributed by atoms with Gasteiger partial charge in [0.05, 0.1) is 6.07 Å². The predicted octanol–water partition coefficient (Wildman–Crippen LogP) is 2.19. The maximum Gasteiger partial charge on any atom is 0.251 e. The third-order valence-corrected chi connectivity index (χ3v) is 5.71. The molecule has 2 aromatic rings. The summed E-state index contributed by atoms with van der Waals surface area (Å²) in [4.78, 5) is 31.6. The number of nitrogens with zero attached hydrogens (tertiary/aromatic N) is 3. The lowest BCUT2D eigenvalue weighted by Crippen LogP contribution is -2.48.